The molecule has 140 valence electrons. The zero-order valence-electron chi connectivity index (χ0n) is 16.3. The summed E-state index contributed by atoms with van der Waals surface area (Å²) in [6.07, 6.45) is 11.3. The number of nitrogens with one attached hydrogen (secondary N) is 1. The molecule has 0 radical (unpaired) electrons. The molecule has 1 heterocycles. The van der Waals surface area contributed by atoms with Crippen LogP contribution in [0.1, 0.15) is 85.5 Å². The molecule has 2 fully saturated rings. The van der Waals surface area contributed by atoms with E-state index in [2.05, 4.69) is 12.2 Å². The molecule has 0 bridgehead atoms. The van der Waals surface area contributed by atoms with Gasteiger partial charge in [-0.25, -0.2) is 4.79 Å². The Bertz CT molecular complexity index is 392. The third kappa shape index (κ3) is 6.62. The Kier molecular flexibility index (Phi) is 7.39. The standard InChI is InChI=1S/C20H38N2O2/c1-5-16-9-8-11-17(13-12-16)21-18-10-6-7-14-22(15-18)19(23)24-20(2,3)4/h16-18,21H,5-15H2,1-4H3. The van der Waals surface area contributed by atoms with Crippen LogP contribution < -0.4 is 5.32 Å². The quantitative estimate of drug-likeness (QED) is 0.757. The van der Waals surface area contributed by atoms with Crippen LogP contribution in [0.5, 0.6) is 0 Å². The van der Waals surface area contributed by atoms with Crippen molar-refractivity contribution in [3.05, 3.63) is 0 Å². The van der Waals surface area contributed by atoms with E-state index in [1.165, 1.54) is 51.4 Å². The van der Waals surface area contributed by atoms with Gasteiger partial charge in [0.25, 0.3) is 0 Å². The number of carbonyl (C=O) groups is 1. The first kappa shape index (κ1) is 19.6. The third-order valence-corrected chi connectivity index (χ3v) is 5.46. The summed E-state index contributed by atoms with van der Waals surface area (Å²) in [5, 5.41) is 3.88. The monoisotopic (exact) mass is 338 g/mol. The number of hydrogen-bond donors (Lipinski definition) is 1. The Morgan fingerprint density at radius 1 is 1.04 bits per heavy atom. The topological polar surface area (TPSA) is 41.6 Å². The molecular weight excluding hydrogens is 300 g/mol. The van der Waals surface area contributed by atoms with Gasteiger partial charge in [-0.1, -0.05) is 32.6 Å². The van der Waals surface area contributed by atoms with E-state index < -0.39 is 5.60 Å². The Morgan fingerprint density at radius 3 is 2.50 bits per heavy atom. The van der Waals surface area contributed by atoms with Gasteiger partial charge in [-0.3, -0.25) is 0 Å². The van der Waals surface area contributed by atoms with Crippen molar-refractivity contribution in [3.63, 3.8) is 0 Å². The Balaban J connectivity index is 1.86. The second-order valence-electron chi connectivity index (χ2n) is 8.77. The molecule has 4 nitrogen and oxygen atoms in total. The van der Waals surface area contributed by atoms with Crippen molar-refractivity contribution in [1.29, 1.82) is 0 Å². The average molecular weight is 339 g/mol. The predicted octanol–water partition coefficient (Wildman–Crippen LogP) is 4.72. The van der Waals surface area contributed by atoms with Crippen LogP contribution in [-0.2, 0) is 4.74 Å². The lowest BCUT2D eigenvalue weighted by atomic mass is 9.97. The van der Waals surface area contributed by atoms with E-state index in [4.69, 9.17) is 4.74 Å². The smallest absolute Gasteiger partial charge is 0.410 e. The molecule has 3 unspecified atom stereocenters. The van der Waals surface area contributed by atoms with E-state index in [1.54, 1.807) is 0 Å². The summed E-state index contributed by atoms with van der Waals surface area (Å²) in [6.45, 7) is 9.76. The minimum Gasteiger partial charge on any atom is -0.444 e. The fourth-order valence-electron chi connectivity index (χ4n) is 4.06. The van der Waals surface area contributed by atoms with E-state index in [-0.39, 0.29) is 6.09 Å². The van der Waals surface area contributed by atoms with Gasteiger partial charge >= 0.3 is 6.09 Å². The third-order valence-electron chi connectivity index (χ3n) is 5.46. The predicted molar refractivity (Wildman–Crippen MR) is 99.2 cm³/mol. The summed E-state index contributed by atoms with van der Waals surface area (Å²) in [6, 6.07) is 1.05. The van der Waals surface area contributed by atoms with Crippen LogP contribution in [0.3, 0.4) is 0 Å². The Labute approximate surface area is 148 Å². The van der Waals surface area contributed by atoms with Crippen molar-refractivity contribution in [3.8, 4) is 0 Å². The summed E-state index contributed by atoms with van der Waals surface area (Å²) < 4.78 is 5.58. The molecule has 24 heavy (non-hydrogen) atoms. The zero-order chi connectivity index (χ0) is 17.6. The number of rotatable bonds is 3. The fourth-order valence-corrected chi connectivity index (χ4v) is 4.06. The number of hydrogen-bond acceptors (Lipinski definition) is 3. The number of ether oxygens (including phenoxy) is 1. The highest BCUT2D eigenvalue weighted by Crippen LogP contribution is 2.26. The summed E-state index contributed by atoms with van der Waals surface area (Å²) in [4.78, 5) is 14.3. The molecule has 1 aliphatic carbocycles. The SMILES string of the molecule is CCC1CCCC(NC2CCCCN(C(=O)OC(C)(C)C)C2)CC1. The summed E-state index contributed by atoms with van der Waals surface area (Å²) in [5.74, 6) is 0.921. The van der Waals surface area contributed by atoms with E-state index in [0.29, 0.717) is 12.1 Å². The zero-order valence-corrected chi connectivity index (χ0v) is 16.3. The maximum absolute atomic E-state index is 12.4. The lowest BCUT2D eigenvalue weighted by Gasteiger charge is -2.30. The first-order valence-electron chi connectivity index (χ1n) is 10.1. The fraction of sp³-hybridized carbons (Fsp3) is 0.950. The van der Waals surface area contributed by atoms with Gasteiger partial charge in [0.05, 0.1) is 0 Å². The van der Waals surface area contributed by atoms with E-state index in [0.717, 1.165) is 25.4 Å². The summed E-state index contributed by atoms with van der Waals surface area (Å²) in [5.41, 5.74) is -0.414. The van der Waals surface area contributed by atoms with Crippen molar-refractivity contribution in [1.82, 2.24) is 10.2 Å². The van der Waals surface area contributed by atoms with Gasteiger partial charge in [0.2, 0.25) is 0 Å². The highest BCUT2D eigenvalue weighted by molar-refractivity contribution is 5.68. The van der Waals surface area contributed by atoms with Gasteiger partial charge in [0.1, 0.15) is 5.60 Å². The molecule has 3 atom stereocenters. The van der Waals surface area contributed by atoms with Crippen LogP contribution in [0.4, 0.5) is 4.79 Å². The first-order valence-corrected chi connectivity index (χ1v) is 10.1. The molecule has 1 saturated heterocycles. The highest BCUT2D eigenvalue weighted by atomic mass is 16.6. The minimum absolute atomic E-state index is 0.150. The van der Waals surface area contributed by atoms with Crippen LogP contribution in [0.2, 0.25) is 0 Å². The molecule has 4 heteroatoms. The van der Waals surface area contributed by atoms with E-state index >= 15 is 0 Å². The second-order valence-corrected chi connectivity index (χ2v) is 8.77. The van der Waals surface area contributed by atoms with Gasteiger partial charge < -0.3 is 15.0 Å². The van der Waals surface area contributed by atoms with Gasteiger partial charge in [-0.05, 0) is 58.8 Å². The second kappa shape index (κ2) is 9.07. The van der Waals surface area contributed by atoms with Gasteiger partial charge in [-0.2, -0.15) is 0 Å². The van der Waals surface area contributed by atoms with Crippen molar-refractivity contribution in [2.75, 3.05) is 13.1 Å². The van der Waals surface area contributed by atoms with E-state index in [1.807, 2.05) is 25.7 Å². The molecular formula is C20H38N2O2. The molecule has 1 N–H and O–H groups in total. The van der Waals surface area contributed by atoms with Crippen molar-refractivity contribution < 1.29 is 9.53 Å². The van der Waals surface area contributed by atoms with Gasteiger partial charge in [-0.15, -0.1) is 0 Å². The molecule has 1 saturated carbocycles. The normalized spacial score (nSPS) is 29.7. The highest BCUT2D eigenvalue weighted by Gasteiger charge is 2.28. The van der Waals surface area contributed by atoms with Crippen LogP contribution in [-0.4, -0.2) is 41.8 Å². The molecule has 2 rings (SSSR count). The van der Waals surface area contributed by atoms with Crippen LogP contribution in [0.15, 0.2) is 0 Å². The van der Waals surface area contributed by atoms with Gasteiger partial charge in [0.15, 0.2) is 0 Å². The van der Waals surface area contributed by atoms with Crippen molar-refractivity contribution >= 4 is 6.09 Å². The molecule has 0 aromatic rings. The number of nitrogens with zero attached hydrogens (tertiary/aromatic N) is 1. The van der Waals surface area contributed by atoms with Crippen LogP contribution in [0, 0.1) is 5.92 Å². The van der Waals surface area contributed by atoms with Gasteiger partial charge in [0, 0.05) is 25.2 Å². The average Bonchev–Trinajstić information content (AvgIpc) is 2.86. The van der Waals surface area contributed by atoms with Crippen molar-refractivity contribution in [2.24, 2.45) is 5.92 Å². The van der Waals surface area contributed by atoms with Crippen LogP contribution in [0.25, 0.3) is 0 Å². The maximum Gasteiger partial charge on any atom is 0.410 e. The van der Waals surface area contributed by atoms with E-state index in [9.17, 15) is 4.79 Å². The maximum atomic E-state index is 12.4. The molecule has 1 amide bonds. The molecule has 0 aromatic heterocycles. The number of likely N-dealkylation sites (tertiary alicyclic amines) is 1. The number of amides is 1. The first-order chi connectivity index (χ1) is 11.4. The lowest BCUT2D eigenvalue weighted by molar-refractivity contribution is 0.0241. The summed E-state index contributed by atoms with van der Waals surface area (Å²) in [7, 11) is 0. The molecule has 0 aromatic carbocycles. The molecule has 0 spiro atoms. The Hall–Kier alpha value is -0.770. The minimum atomic E-state index is -0.414. The van der Waals surface area contributed by atoms with Crippen molar-refractivity contribution in [2.45, 2.75) is 103 Å². The van der Waals surface area contributed by atoms with Crippen LogP contribution >= 0.6 is 0 Å². The Morgan fingerprint density at radius 2 is 1.79 bits per heavy atom. The number of carbonyl (C=O) groups excluding carboxylic acids is 1. The summed E-state index contributed by atoms with van der Waals surface area (Å²) >= 11 is 0. The molecule has 2 aliphatic rings. The largest absolute Gasteiger partial charge is 0.444 e. The lowest BCUT2D eigenvalue weighted by Crippen LogP contribution is -2.47. The molecule has 1 aliphatic heterocycles.